The molecular formula is C15H20N4O3S2. The molecule has 0 saturated carbocycles. The van der Waals surface area contributed by atoms with Crippen molar-refractivity contribution in [2.45, 2.75) is 25.4 Å². The SMILES string of the molecule is CS(=O)(=O)NCCC1CN(C(=O)Cc2cccs2)Cc2cncn21. The molecule has 1 unspecified atom stereocenters. The minimum atomic E-state index is -3.21. The zero-order valence-corrected chi connectivity index (χ0v) is 15.0. The molecule has 1 amide bonds. The van der Waals surface area contributed by atoms with Gasteiger partial charge in [0.1, 0.15) is 0 Å². The van der Waals surface area contributed by atoms with Gasteiger partial charge in [-0.15, -0.1) is 11.3 Å². The molecule has 0 aromatic carbocycles. The summed E-state index contributed by atoms with van der Waals surface area (Å²) < 4.78 is 27.0. The van der Waals surface area contributed by atoms with Crippen molar-refractivity contribution in [2.75, 3.05) is 19.3 Å². The molecule has 7 nitrogen and oxygen atoms in total. The van der Waals surface area contributed by atoms with Crippen molar-refractivity contribution in [1.82, 2.24) is 19.2 Å². The highest BCUT2D eigenvalue weighted by molar-refractivity contribution is 7.88. The molecule has 0 fully saturated rings. The first-order valence-corrected chi connectivity index (χ1v) is 10.4. The van der Waals surface area contributed by atoms with Crippen molar-refractivity contribution in [2.24, 2.45) is 0 Å². The molecule has 130 valence electrons. The Bertz CT molecular complexity index is 799. The van der Waals surface area contributed by atoms with E-state index in [1.54, 1.807) is 23.9 Å². The first-order valence-electron chi connectivity index (χ1n) is 7.68. The van der Waals surface area contributed by atoms with Crippen molar-refractivity contribution in [3.8, 4) is 0 Å². The van der Waals surface area contributed by atoms with Gasteiger partial charge in [-0.3, -0.25) is 4.79 Å². The van der Waals surface area contributed by atoms with E-state index >= 15 is 0 Å². The first-order chi connectivity index (χ1) is 11.4. The number of nitrogens with zero attached hydrogens (tertiary/aromatic N) is 3. The zero-order chi connectivity index (χ0) is 17.2. The molecule has 9 heteroatoms. The fourth-order valence-electron chi connectivity index (χ4n) is 2.89. The molecule has 1 atom stereocenters. The molecule has 1 N–H and O–H groups in total. The third-order valence-corrected chi connectivity index (χ3v) is 5.63. The number of fused-ring (bicyclic) bond motifs is 1. The van der Waals surface area contributed by atoms with E-state index in [2.05, 4.69) is 9.71 Å². The number of amides is 1. The van der Waals surface area contributed by atoms with Gasteiger partial charge in [0.2, 0.25) is 15.9 Å². The standard InChI is InChI=1S/C15H20N4O3S2/c1-24(21,22)17-5-4-12-9-18(10-13-8-16-11-19(12)13)15(20)7-14-3-2-6-23-14/h2-3,6,8,11-12,17H,4-5,7,9-10H2,1H3. The van der Waals surface area contributed by atoms with Gasteiger partial charge in [-0.05, 0) is 17.9 Å². The van der Waals surface area contributed by atoms with Crippen LogP contribution >= 0.6 is 11.3 Å². The number of sulfonamides is 1. The number of hydrogen-bond donors (Lipinski definition) is 1. The van der Waals surface area contributed by atoms with Crippen molar-refractivity contribution in [1.29, 1.82) is 0 Å². The van der Waals surface area contributed by atoms with Crippen LogP contribution in [0, 0.1) is 0 Å². The quantitative estimate of drug-likeness (QED) is 0.825. The predicted octanol–water partition coefficient (Wildman–Crippen LogP) is 1.01. The number of aromatic nitrogens is 2. The summed E-state index contributed by atoms with van der Waals surface area (Å²) in [5, 5.41) is 1.97. The number of thiophene rings is 1. The lowest BCUT2D eigenvalue weighted by molar-refractivity contribution is -0.132. The van der Waals surface area contributed by atoms with Crippen LogP contribution in [0.4, 0.5) is 0 Å². The van der Waals surface area contributed by atoms with E-state index in [1.807, 2.05) is 27.0 Å². The van der Waals surface area contributed by atoms with Crippen molar-refractivity contribution in [3.63, 3.8) is 0 Å². The van der Waals surface area contributed by atoms with Gasteiger partial charge in [-0.2, -0.15) is 0 Å². The van der Waals surface area contributed by atoms with E-state index in [9.17, 15) is 13.2 Å². The summed E-state index contributed by atoms with van der Waals surface area (Å²) in [6, 6.07) is 3.93. The monoisotopic (exact) mass is 368 g/mol. The Morgan fingerprint density at radius 1 is 1.50 bits per heavy atom. The lowest BCUT2D eigenvalue weighted by Gasteiger charge is -2.34. The third kappa shape index (κ3) is 4.22. The fraction of sp³-hybridized carbons (Fsp3) is 0.467. The van der Waals surface area contributed by atoms with Gasteiger partial charge >= 0.3 is 0 Å². The van der Waals surface area contributed by atoms with E-state index in [0.29, 0.717) is 32.5 Å². The molecule has 2 aromatic heterocycles. The summed E-state index contributed by atoms with van der Waals surface area (Å²) in [7, 11) is -3.21. The largest absolute Gasteiger partial charge is 0.334 e. The highest BCUT2D eigenvalue weighted by Crippen LogP contribution is 2.24. The van der Waals surface area contributed by atoms with Crippen LogP contribution < -0.4 is 4.72 Å². The maximum absolute atomic E-state index is 12.6. The van der Waals surface area contributed by atoms with Crippen molar-refractivity contribution in [3.05, 3.63) is 40.6 Å². The van der Waals surface area contributed by atoms with Gasteiger partial charge < -0.3 is 9.47 Å². The van der Waals surface area contributed by atoms with Gasteiger partial charge in [0.05, 0.1) is 37.3 Å². The number of nitrogens with one attached hydrogen (secondary N) is 1. The molecule has 0 radical (unpaired) electrons. The minimum Gasteiger partial charge on any atom is -0.334 e. The van der Waals surface area contributed by atoms with Crippen LogP contribution in [-0.2, 0) is 27.8 Å². The van der Waals surface area contributed by atoms with Gasteiger partial charge in [0, 0.05) is 24.2 Å². The summed E-state index contributed by atoms with van der Waals surface area (Å²) in [6.07, 6.45) is 5.68. The van der Waals surface area contributed by atoms with Crippen LogP contribution in [0.3, 0.4) is 0 Å². The Hall–Kier alpha value is -1.71. The molecule has 24 heavy (non-hydrogen) atoms. The van der Waals surface area contributed by atoms with Crippen LogP contribution in [0.25, 0.3) is 0 Å². The van der Waals surface area contributed by atoms with Gasteiger partial charge in [-0.1, -0.05) is 6.07 Å². The third-order valence-electron chi connectivity index (χ3n) is 4.02. The Labute approximate surface area is 145 Å². The van der Waals surface area contributed by atoms with Gasteiger partial charge in [0.15, 0.2) is 0 Å². The summed E-state index contributed by atoms with van der Waals surface area (Å²) in [4.78, 5) is 19.6. The molecule has 0 bridgehead atoms. The Morgan fingerprint density at radius 3 is 3.04 bits per heavy atom. The number of hydrogen-bond acceptors (Lipinski definition) is 5. The summed E-state index contributed by atoms with van der Waals surface area (Å²) in [6.45, 7) is 1.45. The molecule has 0 aliphatic carbocycles. The van der Waals surface area contributed by atoms with Gasteiger partial charge in [-0.25, -0.2) is 18.1 Å². The van der Waals surface area contributed by atoms with E-state index in [1.165, 1.54) is 0 Å². The number of carbonyl (C=O) groups is 1. The first kappa shape index (κ1) is 17.1. The molecule has 2 aromatic rings. The summed E-state index contributed by atoms with van der Waals surface area (Å²) >= 11 is 1.58. The molecule has 3 heterocycles. The fourth-order valence-corrected chi connectivity index (χ4v) is 4.08. The molecule has 1 aliphatic heterocycles. The van der Waals surface area contributed by atoms with Crippen LogP contribution in [0.2, 0.25) is 0 Å². The van der Waals surface area contributed by atoms with Crippen LogP contribution in [-0.4, -0.2) is 48.1 Å². The highest BCUT2D eigenvalue weighted by Gasteiger charge is 2.27. The second kappa shape index (κ2) is 7.04. The van der Waals surface area contributed by atoms with E-state index in [-0.39, 0.29) is 11.9 Å². The summed E-state index contributed by atoms with van der Waals surface area (Å²) in [5.74, 6) is 0.0889. The molecule has 1 aliphatic rings. The van der Waals surface area contributed by atoms with Crippen molar-refractivity contribution >= 4 is 27.3 Å². The Kier molecular flexibility index (Phi) is 5.02. The number of imidazole rings is 1. The van der Waals surface area contributed by atoms with Crippen LogP contribution in [0.1, 0.15) is 23.0 Å². The number of rotatable bonds is 6. The summed E-state index contributed by atoms with van der Waals surface area (Å²) in [5.41, 5.74) is 0.977. The second-order valence-electron chi connectivity index (χ2n) is 5.93. The minimum absolute atomic E-state index is 0.0257. The zero-order valence-electron chi connectivity index (χ0n) is 13.4. The van der Waals surface area contributed by atoms with E-state index in [0.717, 1.165) is 16.8 Å². The lowest BCUT2D eigenvalue weighted by atomic mass is 10.1. The number of carbonyl (C=O) groups excluding carboxylic acids is 1. The predicted molar refractivity (Wildman–Crippen MR) is 92.2 cm³/mol. The Morgan fingerprint density at radius 2 is 2.33 bits per heavy atom. The maximum Gasteiger partial charge on any atom is 0.228 e. The van der Waals surface area contributed by atoms with Crippen molar-refractivity contribution < 1.29 is 13.2 Å². The highest BCUT2D eigenvalue weighted by atomic mass is 32.2. The van der Waals surface area contributed by atoms with Crippen LogP contribution in [0.15, 0.2) is 30.0 Å². The topological polar surface area (TPSA) is 84.3 Å². The lowest BCUT2D eigenvalue weighted by Crippen LogP contribution is -2.42. The molecule has 0 spiro atoms. The molecule has 0 saturated heterocycles. The Balaban J connectivity index is 1.67. The normalized spacial score (nSPS) is 17.7. The maximum atomic E-state index is 12.6. The smallest absolute Gasteiger partial charge is 0.228 e. The van der Waals surface area contributed by atoms with Gasteiger partial charge in [0.25, 0.3) is 0 Å². The van der Waals surface area contributed by atoms with E-state index < -0.39 is 10.0 Å². The molecule has 3 rings (SSSR count). The average Bonchev–Trinajstić information content (AvgIpc) is 3.16. The van der Waals surface area contributed by atoms with Crippen LogP contribution in [0.5, 0.6) is 0 Å². The average molecular weight is 368 g/mol. The second-order valence-corrected chi connectivity index (χ2v) is 8.80. The van der Waals surface area contributed by atoms with E-state index in [4.69, 9.17) is 0 Å². The molecular weight excluding hydrogens is 348 g/mol.